The summed E-state index contributed by atoms with van der Waals surface area (Å²) in [7, 11) is 1.81. The summed E-state index contributed by atoms with van der Waals surface area (Å²) in [5, 5.41) is 3.72. The molecule has 8 heteroatoms. The molecule has 1 fully saturated rings. The number of hydrogen-bond acceptors (Lipinski definition) is 5. The number of hydrogen-bond donors (Lipinski definition) is 1. The summed E-state index contributed by atoms with van der Waals surface area (Å²) in [5.41, 5.74) is 2.05. The Bertz CT molecular complexity index is 911. The SMILES string of the molecule is Cn1cncc1C(=O)NC1CCN(c2nc3cc(Cl)ccc3o2)CC1. The Morgan fingerprint density at radius 3 is 2.88 bits per heavy atom. The van der Waals surface area contributed by atoms with Crippen LogP contribution in [0.1, 0.15) is 23.3 Å². The van der Waals surface area contributed by atoms with Gasteiger partial charge in [-0.05, 0) is 31.0 Å². The van der Waals surface area contributed by atoms with E-state index in [2.05, 4.69) is 20.2 Å². The van der Waals surface area contributed by atoms with Crippen molar-refractivity contribution in [1.29, 1.82) is 0 Å². The Morgan fingerprint density at radius 2 is 2.16 bits per heavy atom. The van der Waals surface area contributed by atoms with Crippen molar-refractivity contribution < 1.29 is 9.21 Å². The lowest BCUT2D eigenvalue weighted by Crippen LogP contribution is -2.45. The number of halogens is 1. The summed E-state index contributed by atoms with van der Waals surface area (Å²) in [6.07, 6.45) is 4.87. The maximum atomic E-state index is 12.3. The van der Waals surface area contributed by atoms with Gasteiger partial charge in [-0.25, -0.2) is 4.98 Å². The summed E-state index contributed by atoms with van der Waals surface area (Å²) < 4.78 is 7.53. The van der Waals surface area contributed by atoms with Gasteiger partial charge in [-0.1, -0.05) is 11.6 Å². The molecule has 0 aliphatic carbocycles. The highest BCUT2D eigenvalue weighted by Gasteiger charge is 2.24. The predicted molar refractivity (Wildman–Crippen MR) is 94.9 cm³/mol. The number of aromatic nitrogens is 3. The molecule has 1 aliphatic rings. The van der Waals surface area contributed by atoms with E-state index in [0.717, 1.165) is 37.0 Å². The maximum absolute atomic E-state index is 12.3. The molecule has 1 saturated heterocycles. The molecule has 1 amide bonds. The van der Waals surface area contributed by atoms with E-state index in [-0.39, 0.29) is 11.9 Å². The number of carbonyl (C=O) groups is 1. The maximum Gasteiger partial charge on any atom is 0.298 e. The number of carbonyl (C=O) groups excluding carboxylic acids is 1. The Kier molecular flexibility index (Phi) is 4.09. The third-order valence-electron chi connectivity index (χ3n) is 4.49. The van der Waals surface area contributed by atoms with Gasteiger partial charge in [0.15, 0.2) is 5.58 Å². The molecule has 0 bridgehead atoms. The second kappa shape index (κ2) is 6.40. The van der Waals surface area contributed by atoms with Crippen LogP contribution in [0.5, 0.6) is 0 Å². The van der Waals surface area contributed by atoms with Crippen molar-refractivity contribution in [3.63, 3.8) is 0 Å². The number of amides is 1. The molecule has 0 unspecified atom stereocenters. The number of aryl methyl sites for hydroxylation is 1. The zero-order chi connectivity index (χ0) is 17.4. The molecule has 1 N–H and O–H groups in total. The number of anilines is 1. The molecular weight excluding hydrogens is 342 g/mol. The molecular formula is C17H18ClN5O2. The van der Waals surface area contributed by atoms with Gasteiger partial charge in [0, 0.05) is 31.2 Å². The average Bonchev–Trinajstić information content (AvgIpc) is 3.21. The highest BCUT2D eigenvalue weighted by atomic mass is 35.5. The topological polar surface area (TPSA) is 76.2 Å². The smallest absolute Gasteiger partial charge is 0.298 e. The molecule has 7 nitrogen and oxygen atoms in total. The molecule has 1 aromatic carbocycles. The van der Waals surface area contributed by atoms with Crippen LogP contribution in [0.3, 0.4) is 0 Å². The van der Waals surface area contributed by atoms with E-state index in [4.69, 9.17) is 16.0 Å². The van der Waals surface area contributed by atoms with Crippen molar-refractivity contribution in [2.75, 3.05) is 18.0 Å². The quantitative estimate of drug-likeness (QED) is 0.778. The molecule has 1 aliphatic heterocycles. The molecule has 25 heavy (non-hydrogen) atoms. The van der Waals surface area contributed by atoms with Crippen LogP contribution < -0.4 is 10.2 Å². The van der Waals surface area contributed by atoms with Gasteiger partial charge in [0.1, 0.15) is 11.2 Å². The average molecular weight is 360 g/mol. The Balaban J connectivity index is 1.39. The van der Waals surface area contributed by atoms with Gasteiger partial charge in [0.25, 0.3) is 11.9 Å². The Morgan fingerprint density at radius 1 is 1.36 bits per heavy atom. The summed E-state index contributed by atoms with van der Waals surface area (Å²) in [6, 6.07) is 6.16. The van der Waals surface area contributed by atoms with Crippen LogP contribution in [-0.2, 0) is 7.05 Å². The number of nitrogens with one attached hydrogen (secondary N) is 1. The molecule has 0 atom stereocenters. The lowest BCUT2D eigenvalue weighted by Gasteiger charge is -2.31. The first-order chi connectivity index (χ1) is 12.1. The van der Waals surface area contributed by atoms with Gasteiger partial charge in [-0.3, -0.25) is 4.79 Å². The Hall–Kier alpha value is -2.54. The number of oxazole rings is 1. The largest absolute Gasteiger partial charge is 0.423 e. The van der Waals surface area contributed by atoms with Gasteiger partial charge in [0.2, 0.25) is 0 Å². The third kappa shape index (κ3) is 3.19. The predicted octanol–water partition coefficient (Wildman–Crippen LogP) is 2.61. The van der Waals surface area contributed by atoms with Crippen LogP contribution in [0.25, 0.3) is 11.1 Å². The molecule has 3 heterocycles. The van der Waals surface area contributed by atoms with Crippen LogP contribution >= 0.6 is 11.6 Å². The van der Waals surface area contributed by atoms with Gasteiger partial charge in [0.05, 0.1) is 12.5 Å². The second-order valence-corrected chi connectivity index (χ2v) is 6.67. The highest BCUT2D eigenvalue weighted by molar-refractivity contribution is 6.31. The van der Waals surface area contributed by atoms with Crippen LogP contribution in [0, 0.1) is 0 Å². The fraction of sp³-hybridized carbons (Fsp3) is 0.353. The fourth-order valence-corrected chi connectivity index (χ4v) is 3.24. The van der Waals surface area contributed by atoms with Crippen LogP contribution in [0.4, 0.5) is 6.01 Å². The van der Waals surface area contributed by atoms with Crippen molar-refractivity contribution in [1.82, 2.24) is 19.9 Å². The second-order valence-electron chi connectivity index (χ2n) is 6.23. The van der Waals surface area contributed by atoms with E-state index >= 15 is 0 Å². The van der Waals surface area contributed by atoms with Crippen molar-refractivity contribution in [3.05, 3.63) is 41.4 Å². The van der Waals surface area contributed by atoms with Crippen LogP contribution in [0.2, 0.25) is 5.02 Å². The number of rotatable bonds is 3. The standard InChI is InChI=1S/C17H18ClN5O2/c1-22-10-19-9-14(22)16(24)20-12-4-6-23(7-5-12)17-21-13-8-11(18)2-3-15(13)25-17/h2-3,8-10,12H,4-7H2,1H3,(H,20,24). The van der Waals surface area contributed by atoms with Gasteiger partial charge >= 0.3 is 0 Å². The number of nitrogens with zero attached hydrogens (tertiary/aromatic N) is 4. The molecule has 0 radical (unpaired) electrons. The lowest BCUT2D eigenvalue weighted by molar-refractivity contribution is 0.0922. The minimum absolute atomic E-state index is 0.0880. The number of piperidine rings is 1. The first kappa shape index (κ1) is 16.0. The zero-order valence-corrected chi connectivity index (χ0v) is 14.5. The molecule has 2 aromatic heterocycles. The van der Waals surface area contributed by atoms with Gasteiger partial charge in [-0.15, -0.1) is 0 Å². The van der Waals surface area contributed by atoms with E-state index < -0.39 is 0 Å². The van der Waals surface area contributed by atoms with E-state index in [0.29, 0.717) is 16.7 Å². The van der Waals surface area contributed by atoms with E-state index in [9.17, 15) is 4.79 Å². The zero-order valence-electron chi connectivity index (χ0n) is 13.8. The first-order valence-electron chi connectivity index (χ1n) is 8.18. The number of imidazole rings is 1. The van der Waals surface area contributed by atoms with E-state index in [1.165, 1.54) is 0 Å². The summed E-state index contributed by atoms with van der Waals surface area (Å²) in [6.45, 7) is 1.55. The molecule has 4 rings (SSSR count). The van der Waals surface area contributed by atoms with Gasteiger partial charge in [-0.2, -0.15) is 4.98 Å². The van der Waals surface area contributed by atoms with Crippen LogP contribution in [-0.4, -0.2) is 39.6 Å². The van der Waals surface area contributed by atoms with Crippen molar-refractivity contribution in [3.8, 4) is 0 Å². The number of fused-ring (bicyclic) bond motifs is 1. The van der Waals surface area contributed by atoms with Crippen LogP contribution in [0.15, 0.2) is 35.1 Å². The number of benzene rings is 1. The van der Waals surface area contributed by atoms with E-state index in [1.807, 2.05) is 13.1 Å². The van der Waals surface area contributed by atoms with Crippen molar-refractivity contribution >= 4 is 34.6 Å². The van der Waals surface area contributed by atoms with Crippen molar-refractivity contribution in [2.24, 2.45) is 7.05 Å². The summed E-state index contributed by atoms with van der Waals surface area (Å²) in [4.78, 5) is 22.9. The minimum atomic E-state index is -0.0880. The molecule has 0 spiro atoms. The third-order valence-corrected chi connectivity index (χ3v) is 4.72. The first-order valence-corrected chi connectivity index (χ1v) is 8.56. The van der Waals surface area contributed by atoms with Gasteiger partial charge < -0.3 is 19.2 Å². The molecule has 130 valence electrons. The Labute approximate surface area is 149 Å². The molecule has 0 saturated carbocycles. The monoisotopic (exact) mass is 359 g/mol. The highest BCUT2D eigenvalue weighted by Crippen LogP contribution is 2.26. The lowest BCUT2D eigenvalue weighted by atomic mass is 10.1. The normalized spacial score (nSPS) is 15.7. The summed E-state index contributed by atoms with van der Waals surface area (Å²) in [5.74, 6) is -0.0880. The fourth-order valence-electron chi connectivity index (χ4n) is 3.07. The summed E-state index contributed by atoms with van der Waals surface area (Å²) >= 11 is 5.99. The minimum Gasteiger partial charge on any atom is -0.423 e. The van der Waals surface area contributed by atoms with Crippen molar-refractivity contribution in [2.45, 2.75) is 18.9 Å². The van der Waals surface area contributed by atoms with E-state index in [1.54, 1.807) is 29.2 Å². The molecule has 3 aromatic rings.